The van der Waals surface area contributed by atoms with Gasteiger partial charge in [0.15, 0.2) is 6.61 Å². The maximum Gasteiger partial charge on any atom is 0.331 e. The minimum absolute atomic E-state index is 0.142. The summed E-state index contributed by atoms with van der Waals surface area (Å²) in [7, 11) is 1.47. The Morgan fingerprint density at radius 2 is 1.96 bits per heavy atom. The number of anilines is 1. The molecule has 1 aromatic heterocycles. The summed E-state index contributed by atoms with van der Waals surface area (Å²) < 4.78 is 9.91. The normalized spacial score (nSPS) is 10.6. The number of furan rings is 1. The number of nitrogens with one attached hydrogen (secondary N) is 1. The Morgan fingerprint density at radius 3 is 2.67 bits per heavy atom. The lowest BCUT2D eigenvalue weighted by molar-refractivity contribution is -0.148. The number of hydrogen-bond acceptors (Lipinski definition) is 5. The standard InChI is InChI=1S/C20H22N2O5/c1-3-15-7-4-5-9-17(15)21-18(23)13-22(2)19(24)14-27-20(25)11-10-16-8-6-12-26-16/h4-12H,3,13-14H2,1-2H3,(H,21,23)/b11-10+. The predicted octanol–water partition coefficient (Wildman–Crippen LogP) is 2.50. The minimum Gasteiger partial charge on any atom is -0.465 e. The van der Waals surface area contributed by atoms with E-state index in [0.717, 1.165) is 17.7 Å². The van der Waals surface area contributed by atoms with Crippen LogP contribution in [-0.2, 0) is 25.5 Å². The van der Waals surface area contributed by atoms with Crippen molar-refractivity contribution < 1.29 is 23.5 Å². The van der Waals surface area contributed by atoms with E-state index in [-0.39, 0.29) is 12.5 Å². The molecule has 2 rings (SSSR count). The van der Waals surface area contributed by atoms with Crippen molar-refractivity contribution in [3.63, 3.8) is 0 Å². The SMILES string of the molecule is CCc1ccccc1NC(=O)CN(C)C(=O)COC(=O)/C=C/c1ccco1. The van der Waals surface area contributed by atoms with Gasteiger partial charge in [0.05, 0.1) is 12.8 Å². The lowest BCUT2D eigenvalue weighted by atomic mass is 10.1. The second-order valence-electron chi connectivity index (χ2n) is 5.77. The summed E-state index contributed by atoms with van der Waals surface area (Å²) in [6.07, 6.45) is 4.87. The molecular formula is C20H22N2O5. The van der Waals surface area contributed by atoms with Gasteiger partial charge >= 0.3 is 5.97 Å². The van der Waals surface area contributed by atoms with Crippen LogP contribution in [0.4, 0.5) is 5.69 Å². The highest BCUT2D eigenvalue weighted by Crippen LogP contribution is 2.15. The molecule has 142 valence electrons. The van der Waals surface area contributed by atoms with Gasteiger partial charge in [-0.1, -0.05) is 25.1 Å². The van der Waals surface area contributed by atoms with Crippen LogP contribution in [-0.4, -0.2) is 42.9 Å². The van der Waals surface area contributed by atoms with Crippen molar-refractivity contribution in [2.24, 2.45) is 0 Å². The van der Waals surface area contributed by atoms with E-state index in [0.29, 0.717) is 5.76 Å². The van der Waals surface area contributed by atoms with Gasteiger partial charge < -0.3 is 19.4 Å². The topological polar surface area (TPSA) is 88.9 Å². The van der Waals surface area contributed by atoms with E-state index in [4.69, 9.17) is 9.15 Å². The molecule has 1 heterocycles. The van der Waals surface area contributed by atoms with Gasteiger partial charge in [-0.05, 0) is 36.3 Å². The molecule has 7 heteroatoms. The third-order valence-corrected chi connectivity index (χ3v) is 3.74. The molecule has 0 saturated heterocycles. The number of rotatable bonds is 8. The van der Waals surface area contributed by atoms with Crippen LogP contribution >= 0.6 is 0 Å². The number of likely N-dealkylation sites (N-methyl/N-ethyl adjacent to an activating group) is 1. The van der Waals surface area contributed by atoms with E-state index >= 15 is 0 Å². The number of nitrogens with zero attached hydrogens (tertiary/aromatic N) is 1. The van der Waals surface area contributed by atoms with Crippen molar-refractivity contribution >= 4 is 29.5 Å². The van der Waals surface area contributed by atoms with Gasteiger partial charge in [0.2, 0.25) is 5.91 Å². The molecule has 1 N–H and O–H groups in total. The summed E-state index contributed by atoms with van der Waals surface area (Å²) in [5.74, 6) is -0.974. The molecule has 0 spiro atoms. The molecule has 1 aromatic carbocycles. The Morgan fingerprint density at radius 1 is 1.19 bits per heavy atom. The second-order valence-corrected chi connectivity index (χ2v) is 5.77. The molecule has 0 unspecified atom stereocenters. The third-order valence-electron chi connectivity index (χ3n) is 3.74. The summed E-state index contributed by atoms with van der Waals surface area (Å²) in [6, 6.07) is 10.8. The number of hydrogen-bond donors (Lipinski definition) is 1. The fourth-order valence-electron chi connectivity index (χ4n) is 2.27. The first-order valence-electron chi connectivity index (χ1n) is 8.49. The molecule has 0 fully saturated rings. The van der Waals surface area contributed by atoms with Gasteiger partial charge in [0, 0.05) is 18.8 Å². The maximum atomic E-state index is 12.1. The maximum absolute atomic E-state index is 12.1. The number of esters is 1. The van der Waals surface area contributed by atoms with Gasteiger partial charge in [-0.25, -0.2) is 4.79 Å². The number of ether oxygens (including phenoxy) is 1. The number of carbonyl (C=O) groups excluding carboxylic acids is 3. The van der Waals surface area contributed by atoms with E-state index in [1.807, 2.05) is 31.2 Å². The van der Waals surface area contributed by atoms with Gasteiger partial charge in [0.25, 0.3) is 5.91 Å². The number of para-hydroxylation sites is 1. The monoisotopic (exact) mass is 370 g/mol. The molecule has 0 bridgehead atoms. The smallest absolute Gasteiger partial charge is 0.331 e. The zero-order chi connectivity index (χ0) is 19.6. The van der Waals surface area contributed by atoms with Crippen LogP contribution < -0.4 is 5.32 Å². The summed E-state index contributed by atoms with van der Waals surface area (Å²) in [6.45, 7) is 1.41. The molecule has 0 aliphatic rings. The molecule has 0 aliphatic carbocycles. The third kappa shape index (κ3) is 6.47. The molecule has 0 aliphatic heterocycles. The molecule has 0 saturated carbocycles. The molecule has 0 atom stereocenters. The number of amides is 2. The average molecular weight is 370 g/mol. The van der Waals surface area contributed by atoms with Crippen molar-refractivity contribution in [2.75, 3.05) is 25.5 Å². The molecule has 7 nitrogen and oxygen atoms in total. The van der Waals surface area contributed by atoms with Crippen molar-refractivity contribution in [1.29, 1.82) is 0 Å². The highest BCUT2D eigenvalue weighted by molar-refractivity contribution is 5.95. The summed E-state index contributed by atoms with van der Waals surface area (Å²) in [5.41, 5.74) is 1.73. The highest BCUT2D eigenvalue weighted by Gasteiger charge is 2.15. The minimum atomic E-state index is -0.672. The number of aryl methyl sites for hydroxylation is 1. The van der Waals surface area contributed by atoms with Crippen LogP contribution in [0, 0.1) is 0 Å². The highest BCUT2D eigenvalue weighted by atomic mass is 16.5. The Hall–Kier alpha value is -3.35. The van der Waals surface area contributed by atoms with Gasteiger partial charge in [-0.15, -0.1) is 0 Å². The van der Waals surface area contributed by atoms with Crippen molar-refractivity contribution in [3.8, 4) is 0 Å². The van der Waals surface area contributed by atoms with Crippen LogP contribution in [0.2, 0.25) is 0 Å². The number of benzene rings is 1. The summed E-state index contributed by atoms with van der Waals surface area (Å²) in [4.78, 5) is 37.0. The van der Waals surface area contributed by atoms with E-state index < -0.39 is 18.5 Å². The van der Waals surface area contributed by atoms with E-state index in [1.165, 1.54) is 30.4 Å². The fourth-order valence-corrected chi connectivity index (χ4v) is 2.27. The van der Waals surface area contributed by atoms with E-state index in [9.17, 15) is 14.4 Å². The van der Waals surface area contributed by atoms with Crippen molar-refractivity contribution in [3.05, 3.63) is 60.1 Å². The largest absolute Gasteiger partial charge is 0.465 e. The van der Waals surface area contributed by atoms with Crippen LogP contribution in [0.1, 0.15) is 18.2 Å². The van der Waals surface area contributed by atoms with Gasteiger partial charge in [-0.2, -0.15) is 0 Å². The fraction of sp³-hybridized carbons (Fsp3) is 0.250. The zero-order valence-corrected chi connectivity index (χ0v) is 15.3. The van der Waals surface area contributed by atoms with Crippen LogP contribution in [0.3, 0.4) is 0 Å². The first-order valence-corrected chi connectivity index (χ1v) is 8.49. The van der Waals surface area contributed by atoms with Crippen LogP contribution in [0.25, 0.3) is 6.08 Å². The summed E-state index contributed by atoms with van der Waals surface area (Å²) in [5, 5.41) is 2.79. The first-order chi connectivity index (χ1) is 13.0. The average Bonchev–Trinajstić information content (AvgIpc) is 3.18. The van der Waals surface area contributed by atoms with E-state index in [2.05, 4.69) is 5.32 Å². The van der Waals surface area contributed by atoms with Crippen molar-refractivity contribution in [1.82, 2.24) is 4.90 Å². The lowest BCUT2D eigenvalue weighted by Gasteiger charge is -2.17. The quantitative estimate of drug-likeness (QED) is 0.570. The molecule has 2 amide bonds. The van der Waals surface area contributed by atoms with Crippen LogP contribution in [0.15, 0.2) is 53.2 Å². The van der Waals surface area contributed by atoms with Gasteiger partial charge in [-0.3, -0.25) is 9.59 Å². The molecule has 27 heavy (non-hydrogen) atoms. The number of carbonyl (C=O) groups is 3. The van der Waals surface area contributed by atoms with Crippen molar-refractivity contribution in [2.45, 2.75) is 13.3 Å². The van der Waals surface area contributed by atoms with Crippen LogP contribution in [0.5, 0.6) is 0 Å². The molecule has 0 radical (unpaired) electrons. The molecule has 2 aromatic rings. The second kappa shape index (κ2) is 9.96. The lowest BCUT2D eigenvalue weighted by Crippen LogP contribution is -2.37. The van der Waals surface area contributed by atoms with Gasteiger partial charge in [0.1, 0.15) is 5.76 Å². The zero-order valence-electron chi connectivity index (χ0n) is 15.3. The Balaban J connectivity index is 1.77. The Kier molecular flexibility index (Phi) is 7.37. The van der Waals surface area contributed by atoms with E-state index in [1.54, 1.807) is 12.1 Å². The summed E-state index contributed by atoms with van der Waals surface area (Å²) >= 11 is 0. The Bertz CT molecular complexity index is 812. The Labute approximate surface area is 157 Å². The molecular weight excluding hydrogens is 348 g/mol. The predicted molar refractivity (Wildman–Crippen MR) is 101 cm³/mol. The first kappa shape index (κ1) is 20.0.